The van der Waals surface area contributed by atoms with Gasteiger partial charge < -0.3 is 0 Å². The number of rotatable bonds is 3. The van der Waals surface area contributed by atoms with E-state index in [4.69, 9.17) is 0 Å². The van der Waals surface area contributed by atoms with Crippen molar-refractivity contribution in [2.75, 3.05) is 4.90 Å². The van der Waals surface area contributed by atoms with Crippen LogP contribution >= 0.6 is 11.8 Å². The first kappa shape index (κ1) is 16.3. The second kappa shape index (κ2) is 7.37. The van der Waals surface area contributed by atoms with Crippen molar-refractivity contribution in [1.82, 2.24) is 4.98 Å². The Labute approximate surface area is 155 Å². The van der Waals surface area contributed by atoms with Crippen molar-refractivity contribution >= 4 is 40.3 Å². The Morgan fingerprint density at radius 1 is 0.885 bits per heavy atom. The molecular weight excluding hydrogens is 342 g/mol. The quantitative estimate of drug-likeness (QED) is 0.627. The molecule has 26 heavy (non-hydrogen) atoms. The highest BCUT2D eigenvalue weighted by atomic mass is 32.2. The summed E-state index contributed by atoms with van der Waals surface area (Å²) in [6, 6.07) is 24.8. The van der Waals surface area contributed by atoms with Crippen molar-refractivity contribution in [3.8, 4) is 0 Å². The lowest BCUT2D eigenvalue weighted by Gasteiger charge is -2.15. The molecule has 1 aromatic heterocycles. The van der Waals surface area contributed by atoms with Gasteiger partial charge in [0.15, 0.2) is 5.17 Å². The minimum absolute atomic E-state index is 0.0958. The minimum atomic E-state index is -0.0958. The van der Waals surface area contributed by atoms with Crippen LogP contribution in [0, 0.1) is 0 Å². The number of pyridine rings is 1. The van der Waals surface area contributed by atoms with Crippen molar-refractivity contribution in [2.45, 2.75) is 0 Å². The summed E-state index contributed by atoms with van der Waals surface area (Å²) in [5.74, 6) is -0.0958. The van der Waals surface area contributed by atoms with Gasteiger partial charge >= 0.3 is 0 Å². The van der Waals surface area contributed by atoms with E-state index in [1.54, 1.807) is 17.2 Å². The molecule has 1 fully saturated rings. The highest BCUT2D eigenvalue weighted by Gasteiger charge is 2.34. The van der Waals surface area contributed by atoms with Crippen LogP contribution in [0.1, 0.15) is 5.69 Å². The molecule has 0 unspecified atom stereocenters. The Balaban J connectivity index is 1.77. The summed E-state index contributed by atoms with van der Waals surface area (Å²) in [6.07, 6.45) is 3.51. The number of carbonyl (C=O) groups is 1. The molecule has 3 aromatic rings. The monoisotopic (exact) mass is 357 g/mol. The number of aliphatic imine (C=N–C) groups is 1. The molecule has 4 nitrogen and oxygen atoms in total. The fourth-order valence-electron chi connectivity index (χ4n) is 2.56. The summed E-state index contributed by atoms with van der Waals surface area (Å²) in [5, 5.41) is 0.634. The summed E-state index contributed by atoms with van der Waals surface area (Å²) in [7, 11) is 0. The Hall–Kier alpha value is -3.18. The zero-order valence-corrected chi connectivity index (χ0v) is 14.6. The average molecular weight is 357 g/mol. The predicted molar refractivity (Wildman–Crippen MR) is 107 cm³/mol. The predicted octanol–water partition coefficient (Wildman–Crippen LogP) is 4.89. The van der Waals surface area contributed by atoms with Crippen LogP contribution in [0.2, 0.25) is 0 Å². The number of para-hydroxylation sites is 2. The smallest absolute Gasteiger partial charge is 0.268 e. The average Bonchev–Trinajstić information content (AvgIpc) is 2.99. The standard InChI is InChI=1S/C21H15N3OS/c25-20-19(15-17-11-7-8-14-22-17)26-21(23-16-9-3-1-4-10-16)24(20)18-12-5-2-6-13-18/h1-15H. The molecule has 4 rings (SSSR count). The zero-order chi connectivity index (χ0) is 17.8. The van der Waals surface area contributed by atoms with Crippen LogP contribution in [0.3, 0.4) is 0 Å². The van der Waals surface area contributed by atoms with Gasteiger partial charge in [0, 0.05) is 6.20 Å². The first-order chi connectivity index (χ1) is 12.8. The Kier molecular flexibility index (Phi) is 4.62. The molecule has 0 aliphatic carbocycles. The number of anilines is 1. The van der Waals surface area contributed by atoms with E-state index < -0.39 is 0 Å². The Bertz CT molecular complexity index is 970. The topological polar surface area (TPSA) is 45.6 Å². The highest BCUT2D eigenvalue weighted by molar-refractivity contribution is 8.19. The number of amides is 1. The fourth-order valence-corrected chi connectivity index (χ4v) is 3.55. The lowest BCUT2D eigenvalue weighted by Crippen LogP contribution is -2.28. The molecule has 2 heterocycles. The molecule has 1 amide bonds. The van der Waals surface area contributed by atoms with Crippen molar-refractivity contribution in [3.05, 3.63) is 95.7 Å². The SMILES string of the molecule is O=C1C(=Cc2ccccn2)SC(=Nc2ccccc2)N1c1ccccc1. The molecule has 1 aliphatic heterocycles. The zero-order valence-electron chi connectivity index (χ0n) is 13.8. The van der Waals surface area contributed by atoms with Gasteiger partial charge in [-0.05, 0) is 54.2 Å². The molecule has 1 aliphatic rings. The third kappa shape index (κ3) is 3.43. The van der Waals surface area contributed by atoms with Gasteiger partial charge in [0.1, 0.15) is 0 Å². The summed E-state index contributed by atoms with van der Waals surface area (Å²) in [6.45, 7) is 0. The molecule has 2 aromatic carbocycles. The van der Waals surface area contributed by atoms with Crippen LogP contribution in [-0.2, 0) is 4.79 Å². The summed E-state index contributed by atoms with van der Waals surface area (Å²) < 4.78 is 0. The number of aromatic nitrogens is 1. The molecular formula is C21H15N3OS. The number of benzene rings is 2. The number of thioether (sulfide) groups is 1. The highest BCUT2D eigenvalue weighted by Crippen LogP contribution is 2.36. The van der Waals surface area contributed by atoms with E-state index in [2.05, 4.69) is 9.98 Å². The van der Waals surface area contributed by atoms with Crippen LogP contribution < -0.4 is 4.90 Å². The molecule has 0 saturated carbocycles. The lowest BCUT2D eigenvalue weighted by atomic mass is 10.2. The van der Waals surface area contributed by atoms with Gasteiger partial charge in [0.2, 0.25) is 0 Å². The fraction of sp³-hybridized carbons (Fsp3) is 0. The van der Waals surface area contributed by atoms with Gasteiger partial charge in [-0.1, -0.05) is 42.5 Å². The van der Waals surface area contributed by atoms with E-state index in [1.807, 2.05) is 78.9 Å². The maximum atomic E-state index is 13.0. The molecule has 0 N–H and O–H groups in total. The van der Waals surface area contributed by atoms with Gasteiger partial charge in [-0.2, -0.15) is 0 Å². The molecule has 5 heteroatoms. The third-order valence-corrected chi connectivity index (χ3v) is 4.74. The number of carbonyl (C=O) groups excluding carboxylic acids is 1. The van der Waals surface area contributed by atoms with Crippen LogP contribution in [0.25, 0.3) is 6.08 Å². The number of nitrogens with zero attached hydrogens (tertiary/aromatic N) is 3. The summed E-state index contributed by atoms with van der Waals surface area (Å²) in [5.41, 5.74) is 2.35. The van der Waals surface area contributed by atoms with Crippen LogP contribution in [0.4, 0.5) is 11.4 Å². The van der Waals surface area contributed by atoms with Gasteiger partial charge in [-0.25, -0.2) is 4.99 Å². The van der Waals surface area contributed by atoms with E-state index >= 15 is 0 Å². The third-order valence-electron chi connectivity index (χ3n) is 3.77. The first-order valence-corrected chi connectivity index (χ1v) is 8.97. The van der Waals surface area contributed by atoms with E-state index in [0.717, 1.165) is 17.1 Å². The largest absolute Gasteiger partial charge is 0.271 e. The maximum Gasteiger partial charge on any atom is 0.271 e. The normalized spacial score (nSPS) is 17.2. The second-order valence-electron chi connectivity index (χ2n) is 5.57. The van der Waals surface area contributed by atoms with Crippen molar-refractivity contribution in [2.24, 2.45) is 4.99 Å². The molecule has 0 radical (unpaired) electrons. The Morgan fingerprint density at radius 2 is 1.58 bits per heavy atom. The lowest BCUT2D eigenvalue weighted by molar-refractivity contribution is -0.113. The van der Waals surface area contributed by atoms with E-state index in [1.165, 1.54) is 11.8 Å². The number of hydrogen-bond acceptors (Lipinski definition) is 4. The molecule has 126 valence electrons. The van der Waals surface area contributed by atoms with Crippen molar-refractivity contribution in [1.29, 1.82) is 0 Å². The molecule has 1 saturated heterocycles. The van der Waals surface area contributed by atoms with E-state index in [0.29, 0.717) is 10.1 Å². The Morgan fingerprint density at radius 3 is 2.27 bits per heavy atom. The van der Waals surface area contributed by atoms with Gasteiger partial charge in [-0.3, -0.25) is 14.7 Å². The van der Waals surface area contributed by atoms with Gasteiger partial charge in [0.25, 0.3) is 5.91 Å². The van der Waals surface area contributed by atoms with Crippen LogP contribution in [-0.4, -0.2) is 16.1 Å². The second-order valence-corrected chi connectivity index (χ2v) is 6.58. The molecule has 0 atom stereocenters. The summed E-state index contributed by atoms with van der Waals surface area (Å²) in [4.78, 5) is 24.2. The number of amidine groups is 1. The van der Waals surface area contributed by atoms with Crippen molar-refractivity contribution in [3.63, 3.8) is 0 Å². The maximum absolute atomic E-state index is 13.0. The van der Waals surface area contributed by atoms with Gasteiger partial charge in [0.05, 0.1) is 22.0 Å². The first-order valence-electron chi connectivity index (χ1n) is 8.15. The van der Waals surface area contributed by atoms with Crippen LogP contribution in [0.5, 0.6) is 0 Å². The van der Waals surface area contributed by atoms with E-state index in [9.17, 15) is 4.79 Å². The van der Waals surface area contributed by atoms with E-state index in [-0.39, 0.29) is 5.91 Å². The number of hydrogen-bond donors (Lipinski definition) is 0. The summed E-state index contributed by atoms with van der Waals surface area (Å²) >= 11 is 1.36. The minimum Gasteiger partial charge on any atom is -0.268 e. The van der Waals surface area contributed by atoms with Crippen LogP contribution in [0.15, 0.2) is 95.0 Å². The molecule has 0 bridgehead atoms. The molecule has 0 spiro atoms. The van der Waals surface area contributed by atoms with Crippen molar-refractivity contribution < 1.29 is 4.79 Å². The van der Waals surface area contributed by atoms with Gasteiger partial charge in [-0.15, -0.1) is 0 Å².